The molecule has 200 valence electrons. The van der Waals surface area contributed by atoms with Gasteiger partial charge in [-0.1, -0.05) is 72.8 Å². The van der Waals surface area contributed by atoms with Gasteiger partial charge in [0.25, 0.3) is 5.91 Å². The van der Waals surface area contributed by atoms with Crippen LogP contribution in [-0.4, -0.2) is 46.7 Å². The summed E-state index contributed by atoms with van der Waals surface area (Å²) >= 11 is 0. The molecule has 0 aliphatic carbocycles. The van der Waals surface area contributed by atoms with Crippen LogP contribution in [0.1, 0.15) is 17.3 Å². The average molecular weight is 531 g/mol. The van der Waals surface area contributed by atoms with Crippen molar-refractivity contribution in [2.45, 2.75) is 6.92 Å². The van der Waals surface area contributed by atoms with Gasteiger partial charge in [-0.05, 0) is 54.4 Å². The molecule has 0 spiro atoms. The quantitative estimate of drug-likeness (QED) is 0.242. The van der Waals surface area contributed by atoms with Gasteiger partial charge in [-0.15, -0.1) is 0 Å². The third kappa shape index (κ3) is 5.94. The Balaban J connectivity index is 1.34. The number of carbonyl (C=O) groups excluding carboxylic acids is 2. The highest BCUT2D eigenvalue weighted by Gasteiger charge is 2.20. The highest BCUT2D eigenvalue weighted by Crippen LogP contribution is 2.26. The Bertz CT molecular complexity index is 1580. The van der Waals surface area contributed by atoms with Crippen LogP contribution in [0.2, 0.25) is 0 Å². The van der Waals surface area contributed by atoms with E-state index in [0.29, 0.717) is 23.6 Å². The Morgan fingerprint density at radius 3 is 2.00 bits per heavy atom. The van der Waals surface area contributed by atoms with Gasteiger partial charge in [-0.2, -0.15) is 5.10 Å². The minimum absolute atomic E-state index is 0.0930. The summed E-state index contributed by atoms with van der Waals surface area (Å²) in [5.41, 5.74) is 5.04. The molecule has 0 fully saturated rings. The van der Waals surface area contributed by atoms with Crippen LogP contribution in [0.5, 0.6) is 5.75 Å². The molecule has 1 aromatic heterocycles. The predicted molar refractivity (Wildman–Crippen MR) is 158 cm³/mol. The third-order valence-corrected chi connectivity index (χ3v) is 6.61. The van der Waals surface area contributed by atoms with Crippen molar-refractivity contribution >= 4 is 17.6 Å². The van der Waals surface area contributed by atoms with Gasteiger partial charge in [0.2, 0.25) is 5.91 Å². The molecule has 0 saturated carbocycles. The minimum Gasteiger partial charge on any atom is -0.497 e. The minimum atomic E-state index is -0.314. The fourth-order valence-electron chi connectivity index (χ4n) is 4.44. The van der Waals surface area contributed by atoms with E-state index in [0.717, 1.165) is 28.1 Å². The average Bonchev–Trinajstić information content (AvgIpc) is 3.44. The lowest BCUT2D eigenvalue weighted by atomic mass is 10.0. The first-order valence-corrected chi connectivity index (χ1v) is 13.1. The standard InChI is InChI=1S/C33H30N4O3/c1-3-36(33(39)27-16-14-25(15-17-27)24-10-6-4-7-11-24)23-32(38)34-31-22-30(26-12-8-5-9-13-26)35-37(31)28-18-20-29(40-2)21-19-28/h4-22H,3,23H2,1-2H3,(H,34,38). The van der Waals surface area contributed by atoms with E-state index in [-0.39, 0.29) is 18.4 Å². The second-order valence-electron chi connectivity index (χ2n) is 9.20. The monoisotopic (exact) mass is 530 g/mol. The van der Waals surface area contributed by atoms with Crippen LogP contribution in [0, 0.1) is 0 Å². The number of anilines is 1. The Labute approximate surface area is 233 Å². The molecule has 2 amide bonds. The number of aromatic nitrogens is 2. The van der Waals surface area contributed by atoms with E-state index in [1.807, 2.05) is 110 Å². The van der Waals surface area contributed by atoms with Gasteiger partial charge in [0.05, 0.1) is 18.5 Å². The lowest BCUT2D eigenvalue weighted by Crippen LogP contribution is -2.38. The maximum absolute atomic E-state index is 13.3. The van der Waals surface area contributed by atoms with Crippen molar-refractivity contribution in [3.63, 3.8) is 0 Å². The molecular weight excluding hydrogens is 500 g/mol. The second-order valence-corrected chi connectivity index (χ2v) is 9.20. The first-order chi connectivity index (χ1) is 19.6. The van der Waals surface area contributed by atoms with Crippen molar-refractivity contribution in [1.29, 1.82) is 0 Å². The van der Waals surface area contributed by atoms with E-state index < -0.39 is 0 Å². The van der Waals surface area contributed by atoms with Crippen molar-refractivity contribution in [1.82, 2.24) is 14.7 Å². The van der Waals surface area contributed by atoms with Crippen LogP contribution in [0.15, 0.2) is 115 Å². The number of hydrogen-bond acceptors (Lipinski definition) is 4. The van der Waals surface area contributed by atoms with E-state index in [2.05, 4.69) is 5.32 Å². The highest BCUT2D eigenvalue weighted by molar-refractivity contribution is 5.99. The first-order valence-electron chi connectivity index (χ1n) is 13.1. The van der Waals surface area contributed by atoms with Crippen molar-refractivity contribution in [2.75, 3.05) is 25.5 Å². The number of rotatable bonds is 9. The van der Waals surface area contributed by atoms with Crippen LogP contribution in [0.3, 0.4) is 0 Å². The fraction of sp³-hybridized carbons (Fsp3) is 0.121. The Morgan fingerprint density at radius 2 is 1.40 bits per heavy atom. The summed E-state index contributed by atoms with van der Waals surface area (Å²) in [6.07, 6.45) is 0. The fourth-order valence-corrected chi connectivity index (χ4v) is 4.44. The normalized spacial score (nSPS) is 10.7. The van der Waals surface area contributed by atoms with Gasteiger partial charge >= 0.3 is 0 Å². The van der Waals surface area contributed by atoms with Gasteiger partial charge in [0.15, 0.2) is 0 Å². The number of likely N-dealkylation sites (N-methyl/N-ethyl adjacent to an activating group) is 1. The molecule has 0 radical (unpaired) electrons. The molecule has 7 heteroatoms. The summed E-state index contributed by atoms with van der Waals surface area (Å²) in [5, 5.41) is 7.72. The summed E-state index contributed by atoms with van der Waals surface area (Å²) in [5.74, 6) is 0.708. The molecule has 40 heavy (non-hydrogen) atoms. The van der Waals surface area contributed by atoms with Crippen molar-refractivity contribution in [3.8, 4) is 33.8 Å². The number of ether oxygens (including phenoxy) is 1. The van der Waals surface area contributed by atoms with Crippen LogP contribution in [-0.2, 0) is 4.79 Å². The van der Waals surface area contributed by atoms with Crippen LogP contribution >= 0.6 is 0 Å². The maximum Gasteiger partial charge on any atom is 0.254 e. The zero-order valence-corrected chi connectivity index (χ0v) is 22.5. The maximum atomic E-state index is 13.3. The van der Waals surface area contributed by atoms with E-state index in [1.165, 1.54) is 4.90 Å². The topological polar surface area (TPSA) is 76.5 Å². The second kappa shape index (κ2) is 12.1. The summed E-state index contributed by atoms with van der Waals surface area (Å²) < 4.78 is 6.96. The van der Waals surface area contributed by atoms with E-state index in [4.69, 9.17) is 9.84 Å². The van der Waals surface area contributed by atoms with Crippen molar-refractivity contribution in [2.24, 2.45) is 0 Å². The summed E-state index contributed by atoms with van der Waals surface area (Å²) in [4.78, 5) is 28.0. The Kier molecular flexibility index (Phi) is 8.02. The van der Waals surface area contributed by atoms with Crippen LogP contribution in [0.25, 0.3) is 28.1 Å². The molecule has 4 aromatic carbocycles. The molecule has 5 aromatic rings. The lowest BCUT2D eigenvalue weighted by Gasteiger charge is -2.21. The molecule has 5 rings (SSSR count). The SMILES string of the molecule is CCN(CC(=O)Nc1cc(-c2ccccc2)nn1-c1ccc(OC)cc1)C(=O)c1ccc(-c2ccccc2)cc1. The molecule has 1 heterocycles. The van der Waals surface area contributed by atoms with Crippen molar-refractivity contribution in [3.05, 3.63) is 121 Å². The first kappa shape index (κ1) is 26.4. The molecule has 0 unspecified atom stereocenters. The largest absolute Gasteiger partial charge is 0.497 e. The summed E-state index contributed by atoms with van der Waals surface area (Å²) in [6, 6.07) is 36.5. The number of nitrogens with zero attached hydrogens (tertiary/aromatic N) is 3. The number of nitrogens with one attached hydrogen (secondary N) is 1. The summed E-state index contributed by atoms with van der Waals surface area (Å²) in [6.45, 7) is 2.16. The molecule has 0 saturated heterocycles. The number of methoxy groups -OCH3 is 1. The Hall–Kier alpha value is -5.17. The molecule has 0 aliphatic rings. The smallest absolute Gasteiger partial charge is 0.254 e. The lowest BCUT2D eigenvalue weighted by molar-refractivity contribution is -0.116. The third-order valence-electron chi connectivity index (χ3n) is 6.61. The highest BCUT2D eigenvalue weighted by atomic mass is 16.5. The summed E-state index contributed by atoms with van der Waals surface area (Å²) in [7, 11) is 1.61. The van der Waals surface area contributed by atoms with Gasteiger partial charge in [0, 0.05) is 23.7 Å². The predicted octanol–water partition coefficient (Wildman–Crippen LogP) is 6.32. The van der Waals surface area contributed by atoms with Crippen LogP contribution in [0.4, 0.5) is 5.82 Å². The number of amides is 2. The van der Waals surface area contributed by atoms with Crippen molar-refractivity contribution < 1.29 is 14.3 Å². The molecule has 0 aliphatic heterocycles. The molecule has 7 nitrogen and oxygen atoms in total. The van der Waals surface area contributed by atoms with E-state index in [9.17, 15) is 9.59 Å². The Morgan fingerprint density at radius 1 is 0.800 bits per heavy atom. The molecular formula is C33H30N4O3. The number of benzene rings is 4. The number of carbonyl (C=O) groups is 2. The molecule has 1 N–H and O–H groups in total. The van der Waals surface area contributed by atoms with Gasteiger partial charge in [-0.3, -0.25) is 9.59 Å². The molecule has 0 atom stereocenters. The van der Waals surface area contributed by atoms with Gasteiger partial charge in [0.1, 0.15) is 18.1 Å². The zero-order chi connectivity index (χ0) is 27.9. The van der Waals surface area contributed by atoms with Gasteiger partial charge < -0.3 is 15.0 Å². The zero-order valence-electron chi connectivity index (χ0n) is 22.5. The number of hydrogen-bond donors (Lipinski definition) is 1. The molecule has 0 bridgehead atoms. The van der Waals surface area contributed by atoms with Crippen LogP contribution < -0.4 is 10.1 Å². The van der Waals surface area contributed by atoms with E-state index in [1.54, 1.807) is 23.9 Å². The van der Waals surface area contributed by atoms with E-state index >= 15 is 0 Å². The van der Waals surface area contributed by atoms with Gasteiger partial charge in [-0.25, -0.2) is 4.68 Å².